The average molecular weight is 854 g/mol. The molecule has 348 valence electrons. The first kappa shape index (κ1) is 57.7. The summed E-state index contributed by atoms with van der Waals surface area (Å²) in [5.41, 5.74) is 0. The van der Waals surface area contributed by atoms with Crippen LogP contribution in [0.2, 0.25) is 0 Å². The second-order valence-electron chi connectivity index (χ2n) is 17.8. The van der Waals surface area contributed by atoms with Gasteiger partial charge in [0, 0.05) is 13.0 Å². The van der Waals surface area contributed by atoms with Crippen LogP contribution in [0.25, 0.3) is 0 Å². The van der Waals surface area contributed by atoms with Crippen molar-refractivity contribution in [1.82, 2.24) is 0 Å². The number of likely N-dealkylation sites (N-methyl/N-ethyl adjacent to an activating group) is 1. The van der Waals surface area contributed by atoms with Gasteiger partial charge >= 0.3 is 5.97 Å². The van der Waals surface area contributed by atoms with Gasteiger partial charge in [-0.15, -0.1) is 0 Å². The second kappa shape index (κ2) is 43.4. The Morgan fingerprint density at radius 2 is 0.932 bits per heavy atom. The Labute approximate surface area is 365 Å². The number of phosphoric ester groups is 1. The van der Waals surface area contributed by atoms with E-state index in [0.717, 1.165) is 38.5 Å². The minimum absolute atomic E-state index is 0.0249. The molecule has 0 spiro atoms. The van der Waals surface area contributed by atoms with Crippen molar-refractivity contribution in [2.45, 2.75) is 225 Å². The molecule has 0 N–H and O–H groups in total. The molecule has 0 saturated carbocycles. The van der Waals surface area contributed by atoms with Crippen LogP contribution in [0.3, 0.4) is 0 Å². The fraction of sp³-hybridized carbons (Fsp3) is 0.860. The lowest BCUT2D eigenvalue weighted by Crippen LogP contribution is -2.37. The fourth-order valence-electron chi connectivity index (χ4n) is 6.81. The van der Waals surface area contributed by atoms with Gasteiger partial charge in [0.15, 0.2) is 0 Å². The van der Waals surface area contributed by atoms with Crippen LogP contribution in [0.15, 0.2) is 36.5 Å². The van der Waals surface area contributed by atoms with Gasteiger partial charge in [-0.3, -0.25) is 9.36 Å². The number of carbonyl (C=O) groups excluding carboxylic acids is 1. The quantitative estimate of drug-likeness (QED) is 0.0198. The van der Waals surface area contributed by atoms with Gasteiger partial charge in [0.25, 0.3) is 7.82 Å². The molecular weight excluding hydrogens is 758 g/mol. The summed E-state index contributed by atoms with van der Waals surface area (Å²) in [6, 6.07) is 0. The van der Waals surface area contributed by atoms with Crippen molar-refractivity contribution in [3.05, 3.63) is 36.5 Å². The topological polar surface area (TPSA) is 94.1 Å². The van der Waals surface area contributed by atoms with Crippen LogP contribution in [0, 0.1) is 0 Å². The molecule has 0 aliphatic rings. The van der Waals surface area contributed by atoms with Crippen LogP contribution < -0.4 is 4.89 Å². The third-order valence-corrected chi connectivity index (χ3v) is 11.6. The molecule has 0 bridgehead atoms. The van der Waals surface area contributed by atoms with Crippen molar-refractivity contribution >= 4 is 13.8 Å². The number of esters is 1. The minimum Gasteiger partial charge on any atom is -0.756 e. The van der Waals surface area contributed by atoms with Crippen LogP contribution in [0.4, 0.5) is 0 Å². The summed E-state index contributed by atoms with van der Waals surface area (Å²) < 4.78 is 34.7. The number of nitrogens with zero attached hydrogens (tertiary/aromatic N) is 1. The molecule has 0 aromatic rings. The Balaban J connectivity index is 4.13. The molecule has 0 rings (SSSR count). The molecule has 0 aliphatic heterocycles. The van der Waals surface area contributed by atoms with Crippen molar-refractivity contribution in [2.24, 2.45) is 0 Å². The van der Waals surface area contributed by atoms with Crippen molar-refractivity contribution in [2.75, 3.05) is 54.1 Å². The molecule has 0 heterocycles. The zero-order chi connectivity index (χ0) is 43.4. The molecule has 8 nitrogen and oxygen atoms in total. The van der Waals surface area contributed by atoms with Crippen LogP contribution in [-0.2, 0) is 27.9 Å². The fourth-order valence-corrected chi connectivity index (χ4v) is 7.54. The SMILES string of the molecule is CCCCCC/C=C\CCCCCCCCOCC(COP(=O)([O-])OCC[N+](C)(C)C)OC(=O)CCCCCCCCCCCCC/C=C\C/C=C\CCCCCCC. The van der Waals surface area contributed by atoms with Crippen molar-refractivity contribution in [3.8, 4) is 0 Å². The van der Waals surface area contributed by atoms with Crippen molar-refractivity contribution < 1.29 is 37.3 Å². The molecule has 9 heteroatoms. The third-order valence-electron chi connectivity index (χ3n) is 10.7. The van der Waals surface area contributed by atoms with Crippen LogP contribution in [-0.4, -0.2) is 70.7 Å². The minimum atomic E-state index is -4.53. The summed E-state index contributed by atoms with van der Waals surface area (Å²) in [7, 11) is 1.35. The highest BCUT2D eigenvalue weighted by Crippen LogP contribution is 2.38. The molecule has 0 fully saturated rings. The summed E-state index contributed by atoms with van der Waals surface area (Å²) >= 11 is 0. The molecule has 2 atom stereocenters. The van der Waals surface area contributed by atoms with Crippen LogP contribution >= 0.6 is 7.82 Å². The number of hydrogen-bond acceptors (Lipinski definition) is 7. The molecule has 2 unspecified atom stereocenters. The van der Waals surface area contributed by atoms with Gasteiger partial charge in [-0.1, -0.05) is 179 Å². The van der Waals surface area contributed by atoms with Gasteiger partial charge in [0.1, 0.15) is 19.3 Å². The highest BCUT2D eigenvalue weighted by Gasteiger charge is 2.20. The van der Waals surface area contributed by atoms with Crippen molar-refractivity contribution in [1.29, 1.82) is 0 Å². The predicted molar refractivity (Wildman–Crippen MR) is 250 cm³/mol. The number of allylic oxidation sites excluding steroid dienone is 6. The van der Waals surface area contributed by atoms with Gasteiger partial charge in [-0.05, 0) is 70.6 Å². The third kappa shape index (κ3) is 47.6. The van der Waals surface area contributed by atoms with E-state index in [-0.39, 0.29) is 25.8 Å². The normalized spacial score (nSPS) is 13.9. The van der Waals surface area contributed by atoms with E-state index < -0.39 is 13.9 Å². The molecule has 59 heavy (non-hydrogen) atoms. The lowest BCUT2D eigenvalue weighted by molar-refractivity contribution is -0.870. The smallest absolute Gasteiger partial charge is 0.306 e. The largest absolute Gasteiger partial charge is 0.756 e. The van der Waals surface area contributed by atoms with Crippen LogP contribution in [0.5, 0.6) is 0 Å². The summed E-state index contributed by atoms with van der Waals surface area (Å²) in [5, 5.41) is 0. The molecular formula is C50H96NO7P. The van der Waals surface area contributed by atoms with E-state index in [1.54, 1.807) is 0 Å². The van der Waals surface area contributed by atoms with Gasteiger partial charge in [0.05, 0.1) is 34.4 Å². The zero-order valence-electron chi connectivity index (χ0n) is 39.5. The second-order valence-corrected chi connectivity index (χ2v) is 19.2. The number of unbranched alkanes of at least 4 members (excludes halogenated alkanes) is 26. The van der Waals surface area contributed by atoms with E-state index in [2.05, 4.69) is 50.3 Å². The number of carbonyl (C=O) groups is 1. The Morgan fingerprint density at radius 1 is 0.525 bits per heavy atom. The summed E-state index contributed by atoms with van der Waals surface area (Å²) in [6.07, 6.45) is 51.6. The molecule has 0 aromatic heterocycles. The number of hydrogen-bond donors (Lipinski definition) is 0. The van der Waals surface area contributed by atoms with E-state index >= 15 is 0 Å². The maximum Gasteiger partial charge on any atom is 0.306 e. The first-order valence-electron chi connectivity index (χ1n) is 24.7. The Hall–Kier alpha value is -1.28. The van der Waals surface area contributed by atoms with E-state index in [1.807, 2.05) is 21.1 Å². The predicted octanol–water partition coefficient (Wildman–Crippen LogP) is 14.3. The van der Waals surface area contributed by atoms with Gasteiger partial charge in [0.2, 0.25) is 0 Å². The van der Waals surface area contributed by atoms with Crippen molar-refractivity contribution in [3.63, 3.8) is 0 Å². The Bertz CT molecular complexity index is 1040. The lowest BCUT2D eigenvalue weighted by atomic mass is 10.0. The van der Waals surface area contributed by atoms with E-state index in [1.165, 1.54) is 161 Å². The zero-order valence-corrected chi connectivity index (χ0v) is 40.4. The Morgan fingerprint density at radius 3 is 1.41 bits per heavy atom. The highest BCUT2D eigenvalue weighted by molar-refractivity contribution is 7.45. The summed E-state index contributed by atoms with van der Waals surface area (Å²) in [4.78, 5) is 25.1. The van der Waals surface area contributed by atoms with E-state index in [9.17, 15) is 14.3 Å². The molecule has 0 radical (unpaired) electrons. The number of phosphoric acid groups is 1. The standard InChI is InChI=1S/C50H96NO7P/c1-6-8-10-12-14-16-18-20-22-23-24-25-26-27-28-29-30-31-33-35-37-39-41-43-50(52)58-49(48-57-59(53,54)56-46-44-51(3,4)5)47-55-45-42-40-38-36-34-32-21-19-17-15-13-11-9-7-2/h17-20,23-24,49H,6-16,21-22,25-48H2,1-5H3/b19-17-,20-18-,24-23-. The maximum absolute atomic E-state index is 12.7. The molecule has 0 saturated heterocycles. The molecule has 0 aliphatic carbocycles. The first-order chi connectivity index (χ1) is 28.6. The maximum atomic E-state index is 12.7. The molecule has 0 amide bonds. The number of rotatable bonds is 46. The highest BCUT2D eigenvalue weighted by atomic mass is 31.2. The number of ether oxygens (including phenoxy) is 2. The molecule has 0 aromatic carbocycles. The summed E-state index contributed by atoms with van der Waals surface area (Å²) in [6.45, 7) is 5.40. The monoisotopic (exact) mass is 854 g/mol. The lowest BCUT2D eigenvalue weighted by Gasteiger charge is -2.28. The van der Waals surface area contributed by atoms with Gasteiger partial charge in [-0.2, -0.15) is 0 Å². The Kier molecular flexibility index (Phi) is 42.4. The first-order valence-corrected chi connectivity index (χ1v) is 26.2. The van der Waals surface area contributed by atoms with Gasteiger partial charge < -0.3 is 27.9 Å². The van der Waals surface area contributed by atoms with E-state index in [4.69, 9.17) is 18.5 Å². The van der Waals surface area contributed by atoms with Gasteiger partial charge in [-0.25, -0.2) is 0 Å². The number of quaternary nitrogens is 1. The van der Waals surface area contributed by atoms with E-state index in [0.29, 0.717) is 24.1 Å². The summed E-state index contributed by atoms with van der Waals surface area (Å²) in [5.74, 6) is -0.337. The average Bonchev–Trinajstić information content (AvgIpc) is 3.19. The van der Waals surface area contributed by atoms with Crippen LogP contribution in [0.1, 0.15) is 219 Å².